The fourth-order valence-electron chi connectivity index (χ4n) is 0.391. The van der Waals surface area contributed by atoms with Crippen molar-refractivity contribution in [3.8, 4) is 17.9 Å². The molecule has 48 valence electrons. The number of hydrogen-bond acceptors (Lipinski definition) is 1. The number of rotatable bonds is 2. The van der Waals surface area contributed by atoms with Crippen LogP contribution in [0, 0.1) is 23.2 Å². The molecule has 0 aliphatic rings. The summed E-state index contributed by atoms with van der Waals surface area (Å²) < 4.78 is 0. The molecule has 0 radical (unpaired) electrons. The zero-order valence-electron chi connectivity index (χ0n) is 5.15. The Balaban J connectivity index is 3.01. The molecule has 1 nitrogen and oxygen atoms in total. The first-order chi connectivity index (χ1) is 4.41. The lowest BCUT2D eigenvalue weighted by Gasteiger charge is -1.79. The first kappa shape index (κ1) is 8.34. The molecule has 0 amide bonds. The molecule has 0 unspecified atom stereocenters. The maximum atomic E-state index is 8.10. The zero-order valence-corrected chi connectivity index (χ0v) is 5.91. The van der Waals surface area contributed by atoms with E-state index >= 15 is 0 Å². The Morgan fingerprint density at radius 3 is 2.56 bits per heavy atom. The number of alkyl halides is 1. The van der Waals surface area contributed by atoms with E-state index in [9.17, 15) is 0 Å². The highest BCUT2D eigenvalue weighted by Crippen LogP contribution is 1.90. The van der Waals surface area contributed by atoms with Gasteiger partial charge in [-0.25, -0.2) is 0 Å². The topological polar surface area (TPSA) is 23.8 Å². The maximum Gasteiger partial charge on any atom is 0.0835 e. The van der Waals surface area contributed by atoms with E-state index in [0.717, 1.165) is 12.8 Å². The van der Waals surface area contributed by atoms with Crippen LogP contribution in [0.2, 0.25) is 0 Å². The summed E-state index contributed by atoms with van der Waals surface area (Å²) in [5, 5.41) is 8.10. The van der Waals surface area contributed by atoms with Crippen molar-refractivity contribution in [3.05, 3.63) is 0 Å². The predicted octanol–water partition coefficient (Wildman–Crippen LogP) is 1.92. The molecule has 0 aliphatic heterocycles. The number of hydrogen-bond donors (Lipinski definition) is 0. The minimum Gasteiger partial charge on any atom is -0.198 e. The molecule has 0 aromatic rings. The van der Waals surface area contributed by atoms with Gasteiger partial charge < -0.3 is 0 Å². The van der Waals surface area contributed by atoms with E-state index in [1.807, 2.05) is 6.07 Å². The van der Waals surface area contributed by atoms with Gasteiger partial charge in [-0.05, 0) is 6.42 Å². The Bertz CT molecular complexity index is 147. The van der Waals surface area contributed by atoms with E-state index in [4.69, 9.17) is 16.9 Å². The molecular weight excluding hydrogens is 134 g/mol. The molecule has 0 rings (SSSR count). The summed E-state index contributed by atoms with van der Waals surface area (Å²) in [5.74, 6) is 5.95. The molecule has 0 saturated carbocycles. The SMILES string of the molecule is N#CCCCC#CCCl. The third kappa shape index (κ3) is 7.34. The summed E-state index contributed by atoms with van der Waals surface area (Å²) in [6, 6.07) is 2.04. The summed E-state index contributed by atoms with van der Waals surface area (Å²) in [4.78, 5) is 0. The van der Waals surface area contributed by atoms with Crippen molar-refractivity contribution in [3.63, 3.8) is 0 Å². The minimum atomic E-state index is 0.395. The minimum absolute atomic E-state index is 0.395. The first-order valence-corrected chi connectivity index (χ1v) is 3.34. The molecule has 0 atom stereocenters. The third-order valence-electron chi connectivity index (χ3n) is 0.782. The average Bonchev–Trinajstić information content (AvgIpc) is 1.89. The van der Waals surface area contributed by atoms with Crippen molar-refractivity contribution in [2.24, 2.45) is 0 Å². The lowest BCUT2D eigenvalue weighted by atomic mass is 10.2. The molecule has 0 aromatic heterocycles. The Kier molecular flexibility index (Phi) is 6.80. The fourth-order valence-corrected chi connectivity index (χ4v) is 0.486. The van der Waals surface area contributed by atoms with E-state index in [0.29, 0.717) is 12.3 Å². The molecule has 0 N–H and O–H groups in total. The van der Waals surface area contributed by atoms with Gasteiger partial charge >= 0.3 is 0 Å². The van der Waals surface area contributed by atoms with E-state index in [1.165, 1.54) is 0 Å². The van der Waals surface area contributed by atoms with Gasteiger partial charge in [0.05, 0.1) is 11.9 Å². The largest absolute Gasteiger partial charge is 0.198 e. The quantitative estimate of drug-likeness (QED) is 0.328. The van der Waals surface area contributed by atoms with Crippen LogP contribution in [0.15, 0.2) is 0 Å². The van der Waals surface area contributed by atoms with Crippen LogP contribution >= 0.6 is 11.6 Å². The van der Waals surface area contributed by atoms with Gasteiger partial charge in [0.15, 0.2) is 0 Å². The predicted molar refractivity (Wildman–Crippen MR) is 38.0 cm³/mol. The van der Waals surface area contributed by atoms with Crippen LogP contribution in [0.1, 0.15) is 19.3 Å². The van der Waals surface area contributed by atoms with Crippen molar-refractivity contribution >= 4 is 11.6 Å². The molecule has 0 heterocycles. The summed E-state index contributed by atoms with van der Waals surface area (Å²) in [6.07, 6.45) is 2.25. The number of nitrogens with zero attached hydrogens (tertiary/aromatic N) is 1. The highest BCUT2D eigenvalue weighted by atomic mass is 35.5. The van der Waals surface area contributed by atoms with Crippen molar-refractivity contribution in [1.82, 2.24) is 0 Å². The fraction of sp³-hybridized carbons (Fsp3) is 0.571. The Morgan fingerprint density at radius 2 is 2.00 bits per heavy atom. The summed E-state index contributed by atoms with van der Waals surface area (Å²) >= 11 is 5.28. The monoisotopic (exact) mass is 141 g/mol. The molecule has 0 bridgehead atoms. The zero-order chi connectivity index (χ0) is 6.95. The summed E-state index contributed by atoms with van der Waals surface area (Å²) in [5.41, 5.74) is 0. The van der Waals surface area contributed by atoms with Gasteiger partial charge in [0.1, 0.15) is 0 Å². The van der Waals surface area contributed by atoms with Gasteiger partial charge in [0, 0.05) is 12.8 Å². The van der Waals surface area contributed by atoms with Crippen molar-refractivity contribution in [2.45, 2.75) is 19.3 Å². The summed E-state index contributed by atoms with van der Waals surface area (Å²) in [6.45, 7) is 0. The van der Waals surface area contributed by atoms with Crippen LogP contribution in [0.5, 0.6) is 0 Å². The van der Waals surface area contributed by atoms with Crippen LogP contribution in [0.3, 0.4) is 0 Å². The van der Waals surface area contributed by atoms with Gasteiger partial charge in [-0.2, -0.15) is 5.26 Å². The van der Waals surface area contributed by atoms with Gasteiger partial charge in [0.2, 0.25) is 0 Å². The standard InChI is InChI=1S/C7H8ClN/c8-6-4-2-1-3-5-7-9/h1,3,5-6H2. The molecule has 0 saturated heterocycles. The highest BCUT2D eigenvalue weighted by Gasteiger charge is 1.78. The molecular formula is C7H8ClN. The molecule has 0 spiro atoms. The van der Waals surface area contributed by atoms with Crippen molar-refractivity contribution < 1.29 is 0 Å². The second kappa shape index (κ2) is 7.34. The lowest BCUT2D eigenvalue weighted by molar-refractivity contribution is 0.894. The lowest BCUT2D eigenvalue weighted by Crippen LogP contribution is -1.69. The number of unbranched alkanes of at least 4 members (excludes halogenated alkanes) is 2. The van der Waals surface area contributed by atoms with Gasteiger partial charge in [-0.15, -0.1) is 17.5 Å². The first-order valence-electron chi connectivity index (χ1n) is 2.80. The number of halogens is 1. The highest BCUT2D eigenvalue weighted by molar-refractivity contribution is 6.19. The van der Waals surface area contributed by atoms with Gasteiger partial charge in [-0.3, -0.25) is 0 Å². The van der Waals surface area contributed by atoms with E-state index < -0.39 is 0 Å². The van der Waals surface area contributed by atoms with Crippen LogP contribution in [0.4, 0.5) is 0 Å². The van der Waals surface area contributed by atoms with Crippen LogP contribution in [-0.4, -0.2) is 5.88 Å². The van der Waals surface area contributed by atoms with Gasteiger partial charge in [-0.1, -0.05) is 5.92 Å². The summed E-state index contributed by atoms with van der Waals surface area (Å²) in [7, 11) is 0. The molecule has 2 heteroatoms. The number of nitriles is 1. The Labute approximate surface area is 60.6 Å². The van der Waals surface area contributed by atoms with Gasteiger partial charge in [0.25, 0.3) is 0 Å². The third-order valence-corrected chi connectivity index (χ3v) is 0.916. The maximum absolute atomic E-state index is 8.10. The van der Waals surface area contributed by atoms with Crippen LogP contribution in [-0.2, 0) is 0 Å². The average molecular weight is 142 g/mol. The normalized spacial score (nSPS) is 7.11. The second-order valence-corrected chi connectivity index (χ2v) is 1.77. The smallest absolute Gasteiger partial charge is 0.0835 e. The Morgan fingerprint density at radius 1 is 1.22 bits per heavy atom. The van der Waals surface area contributed by atoms with Crippen molar-refractivity contribution in [1.29, 1.82) is 5.26 Å². The second-order valence-electron chi connectivity index (χ2n) is 1.50. The molecule has 0 aliphatic carbocycles. The van der Waals surface area contributed by atoms with E-state index in [1.54, 1.807) is 0 Å². The molecule has 0 fully saturated rings. The Hall–Kier alpha value is -0.660. The molecule has 0 aromatic carbocycles. The van der Waals surface area contributed by atoms with Crippen LogP contribution in [0.25, 0.3) is 0 Å². The van der Waals surface area contributed by atoms with Crippen LogP contribution < -0.4 is 0 Å². The van der Waals surface area contributed by atoms with E-state index in [2.05, 4.69) is 11.8 Å². The molecule has 9 heavy (non-hydrogen) atoms. The van der Waals surface area contributed by atoms with Crippen molar-refractivity contribution in [2.75, 3.05) is 5.88 Å². The van der Waals surface area contributed by atoms with E-state index in [-0.39, 0.29) is 0 Å².